The van der Waals surface area contributed by atoms with Gasteiger partial charge < -0.3 is 5.32 Å². The van der Waals surface area contributed by atoms with Crippen molar-refractivity contribution in [1.29, 1.82) is 0 Å². The van der Waals surface area contributed by atoms with Gasteiger partial charge >= 0.3 is 0 Å². The largest absolute Gasteiger partial charge is 0.354 e. The quantitative estimate of drug-likeness (QED) is 0.782. The standard InChI is InChI=1S/C16H15N5/c1-2-6-12(7-3-1)15-19-16-18-11-9-14(21(16)20-15)13-8-4-5-10-17-13/h1-8,10,14H,9,11H2,(H,18,19,20). The molecule has 5 nitrogen and oxygen atoms in total. The summed E-state index contributed by atoms with van der Waals surface area (Å²) in [6.45, 7) is 0.883. The molecule has 1 aromatic carbocycles. The third kappa shape index (κ3) is 2.16. The van der Waals surface area contributed by atoms with Crippen LogP contribution < -0.4 is 5.32 Å². The monoisotopic (exact) mass is 277 g/mol. The van der Waals surface area contributed by atoms with Gasteiger partial charge in [-0.3, -0.25) is 4.98 Å². The summed E-state index contributed by atoms with van der Waals surface area (Å²) in [7, 11) is 0. The molecule has 0 saturated heterocycles. The fourth-order valence-electron chi connectivity index (χ4n) is 2.66. The fraction of sp³-hybridized carbons (Fsp3) is 0.188. The van der Waals surface area contributed by atoms with Gasteiger partial charge in [0.25, 0.3) is 0 Å². The molecule has 0 fully saturated rings. The molecule has 4 rings (SSSR count). The van der Waals surface area contributed by atoms with E-state index >= 15 is 0 Å². The average Bonchev–Trinajstić information content (AvgIpc) is 3.00. The second-order valence-electron chi connectivity index (χ2n) is 5.06. The van der Waals surface area contributed by atoms with E-state index in [2.05, 4.69) is 20.4 Å². The van der Waals surface area contributed by atoms with Crippen LogP contribution in [0, 0.1) is 0 Å². The molecule has 1 aliphatic heterocycles. The lowest BCUT2D eigenvalue weighted by Crippen LogP contribution is -2.25. The van der Waals surface area contributed by atoms with Gasteiger partial charge in [-0.1, -0.05) is 36.4 Å². The number of benzene rings is 1. The van der Waals surface area contributed by atoms with E-state index < -0.39 is 0 Å². The number of hydrogen-bond acceptors (Lipinski definition) is 4. The van der Waals surface area contributed by atoms with E-state index in [-0.39, 0.29) is 6.04 Å². The summed E-state index contributed by atoms with van der Waals surface area (Å²) in [5, 5.41) is 8.00. The van der Waals surface area contributed by atoms with E-state index in [1.54, 1.807) is 0 Å². The highest BCUT2D eigenvalue weighted by molar-refractivity contribution is 5.56. The van der Waals surface area contributed by atoms with Crippen molar-refractivity contribution >= 4 is 5.95 Å². The lowest BCUT2D eigenvalue weighted by Gasteiger charge is -2.23. The van der Waals surface area contributed by atoms with E-state index in [0.29, 0.717) is 0 Å². The van der Waals surface area contributed by atoms with Crippen molar-refractivity contribution in [3.8, 4) is 11.4 Å². The van der Waals surface area contributed by atoms with Crippen LogP contribution in [0.5, 0.6) is 0 Å². The summed E-state index contributed by atoms with van der Waals surface area (Å²) < 4.78 is 1.95. The van der Waals surface area contributed by atoms with Gasteiger partial charge in [0.2, 0.25) is 5.95 Å². The Labute approximate surface area is 122 Å². The number of nitrogens with one attached hydrogen (secondary N) is 1. The maximum Gasteiger partial charge on any atom is 0.222 e. The van der Waals surface area contributed by atoms with Gasteiger partial charge in [0, 0.05) is 18.3 Å². The van der Waals surface area contributed by atoms with Crippen molar-refractivity contribution < 1.29 is 0 Å². The zero-order chi connectivity index (χ0) is 14.1. The van der Waals surface area contributed by atoms with Crippen molar-refractivity contribution in [2.24, 2.45) is 0 Å². The molecule has 3 heterocycles. The molecule has 0 bridgehead atoms. The molecule has 0 radical (unpaired) electrons. The third-order valence-electron chi connectivity index (χ3n) is 3.69. The molecule has 2 aromatic heterocycles. The number of hydrogen-bond donors (Lipinski definition) is 1. The third-order valence-corrected chi connectivity index (χ3v) is 3.69. The first-order chi connectivity index (χ1) is 10.4. The van der Waals surface area contributed by atoms with Gasteiger partial charge in [-0.2, -0.15) is 4.98 Å². The van der Waals surface area contributed by atoms with Crippen molar-refractivity contribution in [3.63, 3.8) is 0 Å². The zero-order valence-electron chi connectivity index (χ0n) is 11.5. The SMILES string of the molecule is c1ccc(-c2nc3n(n2)C(c2ccccn2)CCN3)cc1. The highest BCUT2D eigenvalue weighted by Crippen LogP contribution is 2.29. The minimum atomic E-state index is 0.146. The van der Waals surface area contributed by atoms with E-state index in [4.69, 9.17) is 0 Å². The van der Waals surface area contributed by atoms with Crippen LogP contribution in [-0.2, 0) is 0 Å². The maximum absolute atomic E-state index is 4.68. The summed E-state index contributed by atoms with van der Waals surface area (Å²) in [6.07, 6.45) is 2.79. The molecule has 3 aromatic rings. The maximum atomic E-state index is 4.68. The molecule has 104 valence electrons. The van der Waals surface area contributed by atoms with Gasteiger partial charge in [0.05, 0.1) is 11.7 Å². The Morgan fingerprint density at radius 2 is 1.90 bits per heavy atom. The molecule has 1 unspecified atom stereocenters. The molecule has 0 amide bonds. The number of aromatic nitrogens is 4. The average molecular weight is 277 g/mol. The molecule has 0 aliphatic carbocycles. The summed E-state index contributed by atoms with van der Waals surface area (Å²) in [5.41, 5.74) is 2.06. The van der Waals surface area contributed by atoms with Crippen molar-refractivity contribution in [3.05, 3.63) is 60.4 Å². The van der Waals surface area contributed by atoms with Gasteiger partial charge in [0.15, 0.2) is 5.82 Å². The highest BCUT2D eigenvalue weighted by atomic mass is 15.4. The van der Waals surface area contributed by atoms with Gasteiger partial charge in [0.1, 0.15) is 0 Å². The Balaban J connectivity index is 1.77. The van der Waals surface area contributed by atoms with Gasteiger partial charge in [-0.05, 0) is 18.6 Å². The molecule has 21 heavy (non-hydrogen) atoms. The van der Waals surface area contributed by atoms with Crippen LogP contribution in [-0.4, -0.2) is 26.3 Å². The normalized spacial score (nSPS) is 17.0. The zero-order valence-corrected chi connectivity index (χ0v) is 11.5. The molecule has 1 aliphatic rings. The summed E-state index contributed by atoms with van der Waals surface area (Å²) >= 11 is 0. The minimum Gasteiger partial charge on any atom is -0.354 e. The Hall–Kier alpha value is -2.69. The summed E-state index contributed by atoms with van der Waals surface area (Å²) in [4.78, 5) is 9.08. The number of rotatable bonds is 2. The molecule has 0 spiro atoms. The van der Waals surface area contributed by atoms with Crippen molar-refractivity contribution in [1.82, 2.24) is 19.7 Å². The molecule has 1 N–H and O–H groups in total. The molecule has 1 atom stereocenters. The second kappa shape index (κ2) is 5.01. The lowest BCUT2D eigenvalue weighted by atomic mass is 10.1. The summed E-state index contributed by atoms with van der Waals surface area (Å²) in [6, 6.07) is 16.2. The predicted molar refractivity (Wildman–Crippen MR) is 80.9 cm³/mol. The molecule has 5 heteroatoms. The number of fused-ring (bicyclic) bond motifs is 1. The Morgan fingerprint density at radius 1 is 1.05 bits per heavy atom. The van der Waals surface area contributed by atoms with E-state index in [1.807, 2.05) is 59.4 Å². The number of nitrogens with zero attached hydrogens (tertiary/aromatic N) is 4. The first-order valence-corrected chi connectivity index (χ1v) is 7.08. The van der Waals surface area contributed by atoms with Crippen LogP contribution in [0.25, 0.3) is 11.4 Å². The van der Waals surface area contributed by atoms with Crippen LogP contribution in [0.1, 0.15) is 18.2 Å². The Morgan fingerprint density at radius 3 is 2.71 bits per heavy atom. The van der Waals surface area contributed by atoms with Crippen LogP contribution in [0.4, 0.5) is 5.95 Å². The van der Waals surface area contributed by atoms with Crippen molar-refractivity contribution in [2.75, 3.05) is 11.9 Å². The fourth-order valence-corrected chi connectivity index (χ4v) is 2.66. The van der Waals surface area contributed by atoms with Gasteiger partial charge in [-0.25, -0.2) is 4.68 Å². The predicted octanol–water partition coefficient (Wildman–Crippen LogP) is 2.75. The van der Waals surface area contributed by atoms with Crippen LogP contribution >= 0.6 is 0 Å². The first kappa shape index (κ1) is 12.1. The first-order valence-electron chi connectivity index (χ1n) is 7.08. The van der Waals surface area contributed by atoms with E-state index in [0.717, 1.165) is 36.0 Å². The second-order valence-corrected chi connectivity index (χ2v) is 5.06. The van der Waals surface area contributed by atoms with Crippen LogP contribution in [0.3, 0.4) is 0 Å². The van der Waals surface area contributed by atoms with E-state index in [9.17, 15) is 0 Å². The van der Waals surface area contributed by atoms with Crippen molar-refractivity contribution in [2.45, 2.75) is 12.5 Å². The molecule has 0 saturated carbocycles. The minimum absolute atomic E-state index is 0.146. The number of anilines is 1. The lowest BCUT2D eigenvalue weighted by molar-refractivity contribution is 0.471. The smallest absolute Gasteiger partial charge is 0.222 e. The Bertz CT molecular complexity index is 736. The summed E-state index contributed by atoms with van der Waals surface area (Å²) in [5.74, 6) is 1.57. The molecular formula is C16H15N5. The Kier molecular flexibility index (Phi) is 2.88. The highest BCUT2D eigenvalue weighted by Gasteiger charge is 2.25. The van der Waals surface area contributed by atoms with Gasteiger partial charge in [-0.15, -0.1) is 5.10 Å². The van der Waals surface area contributed by atoms with Crippen LogP contribution in [0.2, 0.25) is 0 Å². The number of pyridine rings is 1. The van der Waals surface area contributed by atoms with E-state index in [1.165, 1.54) is 0 Å². The topological polar surface area (TPSA) is 55.6 Å². The van der Waals surface area contributed by atoms with Crippen LogP contribution in [0.15, 0.2) is 54.7 Å². The molecular weight excluding hydrogens is 262 g/mol.